The van der Waals surface area contributed by atoms with E-state index in [9.17, 15) is 0 Å². The van der Waals surface area contributed by atoms with Crippen LogP contribution in [0.5, 0.6) is 0 Å². The standard InChI is InChI=1S/C60H52N2/c1-59(2)50-31-29-40(61-52-25-12-8-21-42(52)43-22-9-13-26-53(43)61)34-47(50)48-36-46(39-20-16-19-38(33-39)37-17-6-5-7-18-37)57-56(58(48)59)49-35-41(30-32-51(49)60(57,3)4)62-54-27-14-10-23-44(54)45-24-11-15-28-55(45)62/h5-15,17-19,21-35,42,46,48,52,57H,16,20,36H2,1-4H3. The van der Waals surface area contributed by atoms with Gasteiger partial charge in [-0.05, 0) is 123 Å². The minimum atomic E-state index is -0.118. The van der Waals surface area contributed by atoms with Gasteiger partial charge in [0.25, 0.3) is 0 Å². The topological polar surface area (TPSA) is 8.17 Å². The molecule has 1 aromatic heterocycles. The number of anilines is 2. The van der Waals surface area contributed by atoms with E-state index in [0.29, 0.717) is 23.7 Å². The molecule has 0 fully saturated rings. The average Bonchev–Trinajstić information content (AvgIpc) is 3.97. The third kappa shape index (κ3) is 4.93. The quantitative estimate of drug-likeness (QED) is 0.172. The first kappa shape index (κ1) is 36.3. The van der Waals surface area contributed by atoms with E-state index in [1.807, 2.05) is 0 Å². The summed E-state index contributed by atoms with van der Waals surface area (Å²) in [6.45, 7) is 10.2. The first-order valence-electron chi connectivity index (χ1n) is 23.0. The van der Waals surface area contributed by atoms with Gasteiger partial charge in [0.05, 0.1) is 17.1 Å². The van der Waals surface area contributed by atoms with Crippen molar-refractivity contribution in [2.45, 2.75) is 75.7 Å². The zero-order valence-corrected chi connectivity index (χ0v) is 36.1. The smallest absolute Gasteiger partial charge is 0.0629 e. The van der Waals surface area contributed by atoms with E-state index < -0.39 is 0 Å². The Kier molecular flexibility index (Phi) is 7.65. The molecule has 0 spiro atoms. The lowest BCUT2D eigenvalue weighted by molar-refractivity contribution is 0.279. The zero-order chi connectivity index (χ0) is 41.5. The highest BCUT2D eigenvalue weighted by atomic mass is 15.2. The molecule has 302 valence electrons. The minimum absolute atomic E-state index is 0.0489. The molecular weight excluding hydrogens is 749 g/mol. The van der Waals surface area contributed by atoms with Crippen LogP contribution in [0.2, 0.25) is 0 Å². The Labute approximate surface area is 365 Å². The minimum Gasteiger partial charge on any atom is -0.333 e. The molecule has 0 saturated carbocycles. The Hall–Kier alpha value is -6.38. The third-order valence-electron chi connectivity index (χ3n) is 16.2. The predicted octanol–water partition coefficient (Wildman–Crippen LogP) is 15.1. The molecule has 0 amide bonds. The lowest BCUT2D eigenvalue weighted by atomic mass is 9.59. The molecule has 7 aromatic rings. The van der Waals surface area contributed by atoms with Gasteiger partial charge in [0, 0.05) is 51.0 Å². The highest BCUT2D eigenvalue weighted by molar-refractivity contribution is 6.09. The summed E-state index contributed by atoms with van der Waals surface area (Å²) in [6, 6.07) is 53.5. The van der Waals surface area contributed by atoms with Crippen molar-refractivity contribution in [1.29, 1.82) is 0 Å². The van der Waals surface area contributed by atoms with Gasteiger partial charge in [0.2, 0.25) is 0 Å². The Balaban J connectivity index is 1.03. The van der Waals surface area contributed by atoms with Crippen molar-refractivity contribution in [3.8, 4) is 5.69 Å². The van der Waals surface area contributed by atoms with Crippen LogP contribution < -0.4 is 4.90 Å². The van der Waals surface area contributed by atoms with Gasteiger partial charge < -0.3 is 9.47 Å². The number of nitrogens with zero attached hydrogens (tertiary/aromatic N) is 2. The predicted molar refractivity (Wildman–Crippen MR) is 260 cm³/mol. The van der Waals surface area contributed by atoms with Gasteiger partial charge in [-0.3, -0.25) is 0 Å². The second-order valence-electron chi connectivity index (χ2n) is 19.9. The van der Waals surface area contributed by atoms with Crippen LogP contribution in [-0.4, -0.2) is 10.6 Å². The van der Waals surface area contributed by atoms with Gasteiger partial charge in [-0.2, -0.15) is 0 Å². The summed E-state index contributed by atoms with van der Waals surface area (Å²) in [4.78, 5) is 2.63. The Bertz CT molecular complexity index is 3140. The summed E-state index contributed by atoms with van der Waals surface area (Å²) in [5, 5.41) is 2.62. The number of allylic oxidation sites excluding steroid dienone is 8. The van der Waals surface area contributed by atoms with Crippen molar-refractivity contribution in [1.82, 2.24) is 4.57 Å². The molecule has 0 saturated heterocycles. The van der Waals surface area contributed by atoms with Gasteiger partial charge >= 0.3 is 0 Å². The SMILES string of the molecule is CC1(C)C2=C3c4cc(-n5c6ccccc6c6ccccc65)ccc4C(C)(C)C3C(C3=CC(c4ccccc4)=CCC3)CC2c2cc(N3c4ccccc4C4C=CC=CC43)ccc21. The van der Waals surface area contributed by atoms with E-state index in [1.54, 1.807) is 16.7 Å². The largest absolute Gasteiger partial charge is 0.333 e. The third-order valence-corrected chi connectivity index (χ3v) is 16.2. The zero-order valence-electron chi connectivity index (χ0n) is 36.1. The molecule has 5 aliphatic carbocycles. The van der Waals surface area contributed by atoms with Gasteiger partial charge in [-0.15, -0.1) is 0 Å². The molecule has 13 rings (SSSR count). The van der Waals surface area contributed by atoms with Gasteiger partial charge in [0.1, 0.15) is 0 Å². The van der Waals surface area contributed by atoms with Crippen LogP contribution in [0.15, 0.2) is 187 Å². The first-order valence-corrected chi connectivity index (χ1v) is 23.0. The summed E-state index contributed by atoms with van der Waals surface area (Å²) in [5.74, 6) is 1.48. The van der Waals surface area contributed by atoms with Crippen molar-refractivity contribution in [3.63, 3.8) is 0 Å². The molecule has 62 heavy (non-hydrogen) atoms. The highest BCUT2D eigenvalue weighted by Gasteiger charge is 2.57. The van der Waals surface area contributed by atoms with Crippen molar-refractivity contribution >= 4 is 44.3 Å². The maximum Gasteiger partial charge on any atom is 0.0629 e. The molecule has 5 unspecified atom stereocenters. The van der Waals surface area contributed by atoms with E-state index >= 15 is 0 Å². The van der Waals surface area contributed by atoms with Gasteiger partial charge in [-0.1, -0.05) is 167 Å². The molecule has 0 radical (unpaired) electrons. The molecule has 0 N–H and O–H groups in total. The Morgan fingerprint density at radius 3 is 2.13 bits per heavy atom. The number of para-hydroxylation sites is 3. The monoisotopic (exact) mass is 800 g/mol. The van der Waals surface area contributed by atoms with E-state index in [-0.39, 0.29) is 16.9 Å². The van der Waals surface area contributed by atoms with E-state index in [2.05, 4.69) is 213 Å². The normalized spacial score (nSPS) is 24.6. The summed E-state index contributed by atoms with van der Waals surface area (Å²) < 4.78 is 2.52. The Morgan fingerprint density at radius 2 is 1.32 bits per heavy atom. The fourth-order valence-electron chi connectivity index (χ4n) is 13.6. The first-order chi connectivity index (χ1) is 30.3. The molecule has 5 atom stereocenters. The van der Waals surface area contributed by atoms with E-state index in [4.69, 9.17) is 0 Å². The molecule has 6 aliphatic rings. The van der Waals surface area contributed by atoms with Crippen molar-refractivity contribution in [2.24, 2.45) is 11.8 Å². The average molecular weight is 801 g/mol. The second kappa shape index (κ2) is 13.1. The number of hydrogen-bond acceptors (Lipinski definition) is 1. The number of benzene rings is 6. The van der Waals surface area contributed by atoms with Gasteiger partial charge in [-0.25, -0.2) is 0 Å². The summed E-state index contributed by atoms with van der Waals surface area (Å²) in [7, 11) is 0. The van der Waals surface area contributed by atoms with Crippen LogP contribution in [-0.2, 0) is 10.8 Å². The maximum atomic E-state index is 2.63. The van der Waals surface area contributed by atoms with Crippen molar-refractivity contribution in [2.75, 3.05) is 4.90 Å². The summed E-state index contributed by atoms with van der Waals surface area (Å²) in [6.07, 6.45) is 17.7. The van der Waals surface area contributed by atoms with Crippen molar-refractivity contribution < 1.29 is 0 Å². The van der Waals surface area contributed by atoms with Gasteiger partial charge in [0.15, 0.2) is 0 Å². The highest BCUT2D eigenvalue weighted by Crippen LogP contribution is 2.68. The van der Waals surface area contributed by atoms with Crippen LogP contribution in [0, 0.1) is 11.8 Å². The van der Waals surface area contributed by atoms with Crippen LogP contribution in [0.25, 0.3) is 38.6 Å². The summed E-state index contributed by atoms with van der Waals surface area (Å²) in [5.41, 5.74) is 21.3. The molecule has 2 nitrogen and oxygen atoms in total. The fraction of sp³-hybridized carbons (Fsp3) is 0.233. The van der Waals surface area contributed by atoms with Crippen molar-refractivity contribution in [3.05, 3.63) is 221 Å². The number of rotatable bonds is 4. The lowest BCUT2D eigenvalue weighted by Crippen LogP contribution is -2.37. The van der Waals surface area contributed by atoms with E-state index in [0.717, 1.165) is 19.3 Å². The summed E-state index contributed by atoms with van der Waals surface area (Å²) >= 11 is 0. The fourth-order valence-corrected chi connectivity index (χ4v) is 13.6. The van der Waals surface area contributed by atoms with Crippen LogP contribution in [0.1, 0.15) is 92.2 Å². The molecule has 0 bridgehead atoms. The van der Waals surface area contributed by atoms with Crippen LogP contribution >= 0.6 is 0 Å². The number of fused-ring (bicyclic) bond motifs is 12. The lowest BCUT2D eigenvalue weighted by Gasteiger charge is -2.45. The van der Waals surface area contributed by atoms with Crippen LogP contribution in [0.3, 0.4) is 0 Å². The van der Waals surface area contributed by atoms with Crippen LogP contribution in [0.4, 0.5) is 11.4 Å². The molecular formula is C60H52N2. The molecule has 2 heteroatoms. The molecule has 6 aromatic carbocycles. The molecule has 2 heterocycles. The number of hydrogen-bond donors (Lipinski definition) is 0. The number of aromatic nitrogens is 1. The Morgan fingerprint density at radius 1 is 0.629 bits per heavy atom. The van der Waals surface area contributed by atoms with E-state index in [1.165, 1.54) is 77.8 Å². The molecule has 1 aliphatic heterocycles. The maximum absolute atomic E-state index is 2.63. The second-order valence-corrected chi connectivity index (χ2v) is 19.9.